The lowest BCUT2D eigenvalue weighted by atomic mass is 10.3. The van der Waals surface area contributed by atoms with Crippen molar-refractivity contribution < 1.29 is 9.21 Å². The quantitative estimate of drug-likeness (QED) is 0.771. The summed E-state index contributed by atoms with van der Waals surface area (Å²) in [6.07, 6.45) is 0. The first-order chi connectivity index (χ1) is 9.70. The molecule has 1 aromatic carbocycles. The third-order valence-corrected chi connectivity index (χ3v) is 3.37. The van der Waals surface area contributed by atoms with E-state index in [4.69, 9.17) is 4.42 Å². The second-order valence-corrected chi connectivity index (χ2v) is 4.94. The summed E-state index contributed by atoms with van der Waals surface area (Å²) < 4.78 is 6.24. The molecule has 20 heavy (non-hydrogen) atoms. The molecular weight excluding hydrogens is 278 g/mol. The van der Waals surface area contributed by atoms with Gasteiger partial charge < -0.3 is 15.1 Å². The van der Waals surface area contributed by atoms with Crippen LogP contribution in [0, 0.1) is 6.92 Å². The molecule has 2 amide bonds. The number of nitrogens with one attached hydrogen (secondary N) is 2. The molecule has 0 radical (unpaired) electrons. The van der Waals surface area contributed by atoms with Crippen molar-refractivity contribution in [1.29, 1.82) is 0 Å². The van der Waals surface area contributed by atoms with E-state index in [0.717, 1.165) is 10.2 Å². The highest BCUT2D eigenvalue weighted by Crippen LogP contribution is 2.21. The van der Waals surface area contributed by atoms with Gasteiger partial charge in [-0.15, -0.1) is 21.5 Å². The van der Waals surface area contributed by atoms with Gasteiger partial charge in [0.1, 0.15) is 0 Å². The van der Waals surface area contributed by atoms with Crippen molar-refractivity contribution in [3.05, 3.63) is 35.5 Å². The van der Waals surface area contributed by atoms with E-state index in [1.54, 1.807) is 23.8 Å². The Balaban J connectivity index is 1.60. The average molecular weight is 289 g/mol. The van der Waals surface area contributed by atoms with Crippen molar-refractivity contribution in [3.8, 4) is 0 Å². The smallest absolute Gasteiger partial charge is 0.319 e. The van der Waals surface area contributed by atoms with Gasteiger partial charge in [0.2, 0.25) is 11.8 Å². The molecule has 0 saturated carbocycles. The maximum Gasteiger partial charge on any atom is 0.319 e. The third kappa shape index (κ3) is 2.75. The number of rotatable bonds is 3. The lowest BCUT2D eigenvalue weighted by molar-refractivity contribution is 0.250. The number of hydrogen-bond donors (Lipinski definition) is 2. The van der Waals surface area contributed by atoms with Gasteiger partial charge in [-0.1, -0.05) is 0 Å². The van der Waals surface area contributed by atoms with E-state index in [-0.39, 0.29) is 12.6 Å². The Labute approximate surface area is 118 Å². The summed E-state index contributed by atoms with van der Waals surface area (Å²) in [6.45, 7) is 1.88. The number of aryl methyl sites for hydroxylation is 1. The number of fused-ring (bicyclic) bond motifs is 1. The molecule has 0 spiro atoms. The van der Waals surface area contributed by atoms with E-state index in [0.29, 0.717) is 17.5 Å². The standard InChI is InChI=1S/C12H11N5O2S/c1-7-16-17-11(19-7)5-13-12(18)15-8-2-3-10-9(4-8)14-6-20-10/h2-4,6H,5H2,1H3,(H2,13,15,18). The van der Waals surface area contributed by atoms with Crippen molar-refractivity contribution in [2.45, 2.75) is 13.5 Å². The summed E-state index contributed by atoms with van der Waals surface area (Å²) >= 11 is 1.56. The van der Waals surface area contributed by atoms with Crippen LogP contribution in [0.25, 0.3) is 10.2 Å². The highest BCUT2D eigenvalue weighted by atomic mass is 32.1. The zero-order valence-corrected chi connectivity index (χ0v) is 11.4. The van der Waals surface area contributed by atoms with E-state index < -0.39 is 0 Å². The van der Waals surface area contributed by atoms with Gasteiger partial charge >= 0.3 is 6.03 Å². The molecule has 3 rings (SSSR count). The van der Waals surface area contributed by atoms with Gasteiger partial charge in [-0.3, -0.25) is 0 Å². The number of carbonyl (C=O) groups is 1. The molecule has 0 atom stereocenters. The minimum Gasteiger partial charge on any atom is -0.424 e. The molecule has 0 aliphatic heterocycles. The molecule has 0 aliphatic carbocycles. The number of carbonyl (C=O) groups excluding carboxylic acids is 1. The molecule has 3 aromatic rings. The van der Waals surface area contributed by atoms with Gasteiger partial charge in [0.25, 0.3) is 0 Å². The van der Waals surface area contributed by atoms with Gasteiger partial charge in [-0.25, -0.2) is 9.78 Å². The number of nitrogens with zero attached hydrogens (tertiary/aromatic N) is 3. The first-order valence-electron chi connectivity index (χ1n) is 5.88. The summed E-state index contributed by atoms with van der Waals surface area (Å²) in [5.41, 5.74) is 3.31. The Kier molecular flexibility index (Phi) is 3.30. The maximum atomic E-state index is 11.7. The van der Waals surface area contributed by atoms with Crippen LogP contribution in [0.3, 0.4) is 0 Å². The predicted octanol–water partition coefficient (Wildman–Crippen LogP) is 2.31. The van der Waals surface area contributed by atoms with Gasteiger partial charge in [0, 0.05) is 12.6 Å². The van der Waals surface area contributed by atoms with E-state index in [1.807, 2.05) is 18.2 Å². The first kappa shape index (κ1) is 12.5. The molecule has 0 saturated heterocycles. The minimum atomic E-state index is -0.338. The topological polar surface area (TPSA) is 92.9 Å². The van der Waals surface area contributed by atoms with Crippen LogP contribution < -0.4 is 10.6 Å². The van der Waals surface area contributed by atoms with E-state index in [1.165, 1.54) is 0 Å². The number of aromatic nitrogens is 3. The number of urea groups is 1. The van der Waals surface area contributed by atoms with Crippen LogP contribution in [0.4, 0.5) is 10.5 Å². The molecule has 0 fully saturated rings. The zero-order valence-electron chi connectivity index (χ0n) is 10.6. The van der Waals surface area contributed by atoms with Gasteiger partial charge in [-0.05, 0) is 18.2 Å². The average Bonchev–Trinajstić information content (AvgIpc) is 3.04. The lowest BCUT2D eigenvalue weighted by Crippen LogP contribution is -2.28. The highest BCUT2D eigenvalue weighted by molar-refractivity contribution is 7.16. The fourth-order valence-electron chi connectivity index (χ4n) is 1.68. The molecule has 0 aliphatic rings. The van der Waals surface area contributed by atoms with Crippen LogP contribution in [-0.4, -0.2) is 21.2 Å². The highest BCUT2D eigenvalue weighted by Gasteiger charge is 2.06. The second kappa shape index (κ2) is 5.25. The first-order valence-corrected chi connectivity index (χ1v) is 6.76. The number of thiazole rings is 1. The number of benzene rings is 1. The molecule has 7 nitrogen and oxygen atoms in total. The number of amides is 2. The molecular formula is C12H11N5O2S. The second-order valence-electron chi connectivity index (χ2n) is 4.06. The van der Waals surface area contributed by atoms with Crippen molar-refractivity contribution in [2.75, 3.05) is 5.32 Å². The maximum absolute atomic E-state index is 11.7. The number of anilines is 1. The van der Waals surface area contributed by atoms with E-state index in [2.05, 4.69) is 25.8 Å². The fraction of sp³-hybridized carbons (Fsp3) is 0.167. The van der Waals surface area contributed by atoms with Crippen LogP contribution >= 0.6 is 11.3 Å². The Morgan fingerprint density at radius 3 is 3.10 bits per heavy atom. The normalized spacial score (nSPS) is 10.7. The van der Waals surface area contributed by atoms with Crippen LogP contribution in [0.1, 0.15) is 11.8 Å². The van der Waals surface area contributed by atoms with Crippen LogP contribution in [0.15, 0.2) is 28.1 Å². The summed E-state index contributed by atoms with van der Waals surface area (Å²) in [4.78, 5) is 15.9. The summed E-state index contributed by atoms with van der Waals surface area (Å²) in [7, 11) is 0. The molecule has 2 aromatic heterocycles. The number of hydrogen-bond acceptors (Lipinski definition) is 6. The zero-order chi connectivity index (χ0) is 13.9. The Morgan fingerprint density at radius 2 is 2.30 bits per heavy atom. The Hall–Kier alpha value is -2.48. The minimum absolute atomic E-state index is 0.186. The predicted molar refractivity (Wildman–Crippen MR) is 74.5 cm³/mol. The van der Waals surface area contributed by atoms with Crippen molar-refractivity contribution in [3.63, 3.8) is 0 Å². The SMILES string of the molecule is Cc1nnc(CNC(=O)Nc2ccc3scnc3c2)o1. The molecule has 102 valence electrons. The van der Waals surface area contributed by atoms with E-state index in [9.17, 15) is 4.79 Å². The van der Waals surface area contributed by atoms with Crippen molar-refractivity contribution in [2.24, 2.45) is 0 Å². The monoisotopic (exact) mass is 289 g/mol. The van der Waals surface area contributed by atoms with Gasteiger partial charge in [0.05, 0.1) is 22.3 Å². The third-order valence-electron chi connectivity index (χ3n) is 2.56. The Morgan fingerprint density at radius 1 is 1.40 bits per heavy atom. The van der Waals surface area contributed by atoms with E-state index >= 15 is 0 Å². The summed E-state index contributed by atoms with van der Waals surface area (Å²) in [6, 6.07) is 5.24. The molecule has 0 bridgehead atoms. The summed E-state index contributed by atoms with van der Waals surface area (Å²) in [5, 5.41) is 12.8. The van der Waals surface area contributed by atoms with Crippen LogP contribution in [0.2, 0.25) is 0 Å². The molecule has 2 N–H and O–H groups in total. The Bertz CT molecular complexity index is 751. The largest absolute Gasteiger partial charge is 0.424 e. The van der Waals surface area contributed by atoms with Gasteiger partial charge in [-0.2, -0.15) is 0 Å². The fourth-order valence-corrected chi connectivity index (χ4v) is 2.33. The summed E-state index contributed by atoms with van der Waals surface area (Å²) in [5.74, 6) is 0.837. The molecule has 0 unspecified atom stereocenters. The van der Waals surface area contributed by atoms with Crippen LogP contribution in [-0.2, 0) is 6.54 Å². The lowest BCUT2D eigenvalue weighted by Gasteiger charge is -2.05. The molecule has 8 heteroatoms. The van der Waals surface area contributed by atoms with Crippen molar-refractivity contribution >= 4 is 33.3 Å². The van der Waals surface area contributed by atoms with Crippen LogP contribution in [0.5, 0.6) is 0 Å². The molecule has 2 heterocycles. The van der Waals surface area contributed by atoms with Crippen molar-refractivity contribution in [1.82, 2.24) is 20.5 Å². The van der Waals surface area contributed by atoms with Gasteiger partial charge in [0.15, 0.2) is 0 Å².